The summed E-state index contributed by atoms with van der Waals surface area (Å²) in [6.07, 6.45) is 0. The first-order valence-corrected chi connectivity index (χ1v) is 13.7. The highest BCUT2D eigenvalue weighted by atomic mass is 32.2. The first-order valence-electron chi connectivity index (χ1n) is 11.4. The molecule has 0 unspecified atom stereocenters. The van der Waals surface area contributed by atoms with Crippen LogP contribution in [0, 0.1) is 0 Å². The average Bonchev–Trinajstić information content (AvgIpc) is 3.37. The maximum Gasteiger partial charge on any atom is 0.252 e. The molecule has 1 amide bonds. The average molecular weight is 493 g/mol. The molecule has 0 saturated carbocycles. The van der Waals surface area contributed by atoms with Crippen LogP contribution in [-0.2, 0) is 19.6 Å². The van der Waals surface area contributed by atoms with E-state index in [0.29, 0.717) is 43.6 Å². The Bertz CT molecular complexity index is 987. The Morgan fingerprint density at radius 2 is 1.73 bits per heavy atom. The van der Waals surface area contributed by atoms with Gasteiger partial charge in [0.05, 0.1) is 25.8 Å². The molecule has 0 spiro atoms. The first kappa shape index (κ1) is 24.3. The van der Waals surface area contributed by atoms with Crippen LogP contribution in [0.4, 0.5) is 0 Å². The summed E-state index contributed by atoms with van der Waals surface area (Å²) in [5, 5.41) is 4.97. The number of thiophene rings is 1. The summed E-state index contributed by atoms with van der Waals surface area (Å²) in [5.74, 6) is -0.0359. The third-order valence-corrected chi connectivity index (χ3v) is 9.50. The summed E-state index contributed by atoms with van der Waals surface area (Å²) in [6.45, 7) is 7.24. The fourth-order valence-corrected chi connectivity index (χ4v) is 7.14. The molecule has 2 aromatic rings. The summed E-state index contributed by atoms with van der Waals surface area (Å²) < 4.78 is 32.8. The number of rotatable bonds is 8. The number of carbonyl (C=O) groups is 1. The van der Waals surface area contributed by atoms with E-state index in [-0.39, 0.29) is 24.5 Å². The maximum atomic E-state index is 12.9. The van der Waals surface area contributed by atoms with E-state index in [1.807, 2.05) is 23.1 Å². The van der Waals surface area contributed by atoms with Crippen molar-refractivity contribution in [3.8, 4) is 0 Å². The van der Waals surface area contributed by atoms with Gasteiger partial charge in [-0.2, -0.15) is 4.31 Å². The molecule has 2 aliphatic heterocycles. The van der Waals surface area contributed by atoms with Gasteiger partial charge in [0.25, 0.3) is 10.0 Å². The van der Waals surface area contributed by atoms with Crippen molar-refractivity contribution in [2.75, 3.05) is 59.0 Å². The molecule has 0 aliphatic carbocycles. The Labute approximate surface area is 200 Å². The molecule has 2 saturated heterocycles. The number of amides is 1. The van der Waals surface area contributed by atoms with Crippen molar-refractivity contribution in [1.82, 2.24) is 19.4 Å². The molecule has 10 heteroatoms. The Morgan fingerprint density at radius 1 is 1.03 bits per heavy atom. The number of carbonyl (C=O) groups excluding carboxylic acids is 1. The van der Waals surface area contributed by atoms with E-state index in [0.717, 1.165) is 13.1 Å². The van der Waals surface area contributed by atoms with Crippen LogP contribution in [0.5, 0.6) is 0 Å². The van der Waals surface area contributed by atoms with E-state index in [1.165, 1.54) is 21.2 Å². The lowest BCUT2D eigenvalue weighted by Crippen LogP contribution is -2.53. The number of nitrogens with one attached hydrogen (secondary N) is 1. The molecule has 33 heavy (non-hydrogen) atoms. The molecule has 0 radical (unpaired) electrons. The van der Waals surface area contributed by atoms with Gasteiger partial charge in [0.2, 0.25) is 5.91 Å². The summed E-state index contributed by atoms with van der Waals surface area (Å²) >= 11 is 1.24. The summed E-state index contributed by atoms with van der Waals surface area (Å²) in [6, 6.07) is 13.7. The SMILES string of the molecule is C[C@@H](NC(=O)CN1CCN(S(=O)(=O)c2cccs2)CC1)[C@H](c1ccccc1)N1CCOCC1. The molecule has 2 fully saturated rings. The number of piperazine rings is 1. The smallest absolute Gasteiger partial charge is 0.252 e. The molecular formula is C23H32N4O4S2. The van der Waals surface area contributed by atoms with E-state index in [1.54, 1.807) is 17.5 Å². The molecule has 3 heterocycles. The zero-order chi connectivity index (χ0) is 23.3. The number of hydrogen-bond donors (Lipinski definition) is 1. The Morgan fingerprint density at radius 3 is 2.36 bits per heavy atom. The lowest BCUT2D eigenvalue weighted by atomic mass is 9.98. The van der Waals surface area contributed by atoms with E-state index in [2.05, 4.69) is 29.3 Å². The Kier molecular flexibility index (Phi) is 8.15. The van der Waals surface area contributed by atoms with Gasteiger partial charge in [-0.05, 0) is 23.9 Å². The third-order valence-electron chi connectivity index (χ3n) is 6.23. The molecule has 0 bridgehead atoms. The minimum Gasteiger partial charge on any atom is -0.379 e. The Hall–Kier alpha value is -1.82. The third kappa shape index (κ3) is 6.00. The molecule has 1 N–H and O–H groups in total. The van der Waals surface area contributed by atoms with Gasteiger partial charge in [0, 0.05) is 45.3 Å². The van der Waals surface area contributed by atoms with Crippen molar-refractivity contribution >= 4 is 27.3 Å². The number of sulfonamides is 1. The van der Waals surface area contributed by atoms with Crippen LogP contribution in [0.3, 0.4) is 0 Å². The fourth-order valence-electron chi connectivity index (χ4n) is 4.57. The highest BCUT2D eigenvalue weighted by Crippen LogP contribution is 2.26. The standard InChI is InChI=1S/C23H32N4O4S2/c1-19(23(20-6-3-2-4-7-20)26-13-15-31-16-14-26)24-21(28)18-25-9-11-27(12-10-25)33(29,30)22-8-5-17-32-22/h2-8,17,19,23H,9-16,18H2,1H3,(H,24,28)/t19-,23-/m1/s1. The van der Waals surface area contributed by atoms with Gasteiger partial charge in [-0.1, -0.05) is 36.4 Å². The van der Waals surface area contributed by atoms with E-state index in [9.17, 15) is 13.2 Å². The predicted molar refractivity (Wildman–Crippen MR) is 129 cm³/mol. The molecule has 2 aliphatic rings. The minimum absolute atomic E-state index is 0.0359. The fraction of sp³-hybridized carbons (Fsp3) is 0.522. The molecule has 4 rings (SSSR count). The zero-order valence-electron chi connectivity index (χ0n) is 18.9. The van der Waals surface area contributed by atoms with Crippen LogP contribution in [0.2, 0.25) is 0 Å². The van der Waals surface area contributed by atoms with Gasteiger partial charge in [-0.15, -0.1) is 11.3 Å². The lowest BCUT2D eigenvalue weighted by Gasteiger charge is -2.39. The van der Waals surface area contributed by atoms with Crippen molar-refractivity contribution in [2.45, 2.75) is 23.2 Å². The van der Waals surface area contributed by atoms with Gasteiger partial charge in [0.1, 0.15) is 4.21 Å². The quantitative estimate of drug-likeness (QED) is 0.603. The van der Waals surface area contributed by atoms with Crippen LogP contribution in [0.25, 0.3) is 0 Å². The topological polar surface area (TPSA) is 82.2 Å². The van der Waals surface area contributed by atoms with Crippen LogP contribution in [0.15, 0.2) is 52.1 Å². The zero-order valence-corrected chi connectivity index (χ0v) is 20.6. The summed E-state index contributed by atoms with van der Waals surface area (Å²) in [7, 11) is -3.44. The van der Waals surface area contributed by atoms with Crippen LogP contribution >= 0.6 is 11.3 Å². The van der Waals surface area contributed by atoms with Crippen molar-refractivity contribution in [2.24, 2.45) is 0 Å². The maximum absolute atomic E-state index is 12.9. The van der Waals surface area contributed by atoms with Crippen molar-refractivity contribution in [1.29, 1.82) is 0 Å². The Balaban J connectivity index is 1.32. The van der Waals surface area contributed by atoms with Gasteiger partial charge in [-0.25, -0.2) is 8.42 Å². The molecule has 2 atom stereocenters. The highest BCUT2D eigenvalue weighted by molar-refractivity contribution is 7.91. The number of benzene rings is 1. The van der Waals surface area contributed by atoms with E-state index < -0.39 is 10.0 Å². The number of ether oxygens (including phenoxy) is 1. The number of hydrogen-bond acceptors (Lipinski definition) is 7. The minimum atomic E-state index is -3.44. The number of nitrogens with zero attached hydrogens (tertiary/aromatic N) is 3. The largest absolute Gasteiger partial charge is 0.379 e. The van der Waals surface area contributed by atoms with Gasteiger partial charge in [0.15, 0.2) is 0 Å². The predicted octanol–water partition coefficient (Wildman–Crippen LogP) is 1.63. The van der Waals surface area contributed by atoms with Crippen LogP contribution in [0.1, 0.15) is 18.5 Å². The summed E-state index contributed by atoms with van der Waals surface area (Å²) in [5.41, 5.74) is 1.18. The lowest BCUT2D eigenvalue weighted by molar-refractivity contribution is -0.123. The van der Waals surface area contributed by atoms with Crippen LogP contribution < -0.4 is 5.32 Å². The second-order valence-electron chi connectivity index (χ2n) is 8.47. The second-order valence-corrected chi connectivity index (χ2v) is 11.6. The monoisotopic (exact) mass is 492 g/mol. The van der Waals surface area contributed by atoms with E-state index in [4.69, 9.17) is 4.74 Å². The summed E-state index contributed by atoms with van der Waals surface area (Å²) in [4.78, 5) is 17.3. The number of morpholine rings is 1. The van der Waals surface area contributed by atoms with Gasteiger partial charge in [-0.3, -0.25) is 14.6 Å². The second kappa shape index (κ2) is 11.1. The van der Waals surface area contributed by atoms with Gasteiger partial charge < -0.3 is 10.1 Å². The highest BCUT2D eigenvalue weighted by Gasteiger charge is 2.31. The van der Waals surface area contributed by atoms with Gasteiger partial charge >= 0.3 is 0 Å². The molecule has 1 aromatic carbocycles. The van der Waals surface area contributed by atoms with Crippen LogP contribution in [-0.4, -0.2) is 93.5 Å². The normalized spacial score (nSPS) is 20.9. The molecule has 1 aromatic heterocycles. The van der Waals surface area contributed by atoms with Crippen molar-refractivity contribution in [3.63, 3.8) is 0 Å². The van der Waals surface area contributed by atoms with Crippen molar-refractivity contribution < 1.29 is 17.9 Å². The molecule has 8 nitrogen and oxygen atoms in total. The first-order chi connectivity index (χ1) is 15.9. The van der Waals surface area contributed by atoms with Crippen molar-refractivity contribution in [3.05, 3.63) is 53.4 Å². The molecule has 180 valence electrons. The molecular weight excluding hydrogens is 460 g/mol. The van der Waals surface area contributed by atoms with E-state index >= 15 is 0 Å².